The first-order valence-electron chi connectivity index (χ1n) is 5.87. The van der Waals surface area contributed by atoms with E-state index in [2.05, 4.69) is 10.3 Å². The van der Waals surface area contributed by atoms with Gasteiger partial charge < -0.3 is 4.90 Å². The molecule has 3 rings (SSSR count). The SMILES string of the molecule is Cc1ccc2c(c1Cl)CN1C(=N2)NC(=O)C1(C)C. The normalized spacial score (nSPS) is 20.1. The number of aryl methyl sites for hydroxylation is 1. The van der Waals surface area contributed by atoms with E-state index in [-0.39, 0.29) is 5.91 Å². The van der Waals surface area contributed by atoms with Crippen LogP contribution in [0.25, 0.3) is 0 Å². The highest BCUT2D eigenvalue weighted by Crippen LogP contribution is 2.37. The number of carbonyl (C=O) groups is 1. The minimum atomic E-state index is -0.580. The predicted octanol–water partition coefficient (Wildman–Crippen LogP) is 2.36. The number of hydrogen-bond donors (Lipinski definition) is 1. The van der Waals surface area contributed by atoms with Gasteiger partial charge in [-0.25, -0.2) is 4.99 Å². The van der Waals surface area contributed by atoms with Gasteiger partial charge in [-0.05, 0) is 32.4 Å². The van der Waals surface area contributed by atoms with Gasteiger partial charge >= 0.3 is 0 Å². The maximum absolute atomic E-state index is 11.9. The van der Waals surface area contributed by atoms with Crippen molar-refractivity contribution in [3.8, 4) is 0 Å². The second-order valence-corrected chi connectivity index (χ2v) is 5.61. The third kappa shape index (κ3) is 1.38. The van der Waals surface area contributed by atoms with E-state index in [4.69, 9.17) is 11.6 Å². The van der Waals surface area contributed by atoms with E-state index < -0.39 is 5.54 Å². The van der Waals surface area contributed by atoms with Gasteiger partial charge in [0.25, 0.3) is 5.91 Å². The summed E-state index contributed by atoms with van der Waals surface area (Å²) < 4.78 is 0. The monoisotopic (exact) mass is 263 g/mol. The minimum Gasteiger partial charge on any atom is -0.324 e. The molecule has 0 bridgehead atoms. The van der Waals surface area contributed by atoms with Gasteiger partial charge in [0.05, 0.1) is 17.3 Å². The summed E-state index contributed by atoms with van der Waals surface area (Å²) in [5.41, 5.74) is 2.29. The molecule has 0 atom stereocenters. The lowest BCUT2D eigenvalue weighted by Crippen LogP contribution is -2.44. The first kappa shape index (κ1) is 11.5. The van der Waals surface area contributed by atoms with E-state index in [1.807, 2.05) is 37.8 Å². The molecule has 1 aromatic rings. The summed E-state index contributed by atoms with van der Waals surface area (Å²) in [6.07, 6.45) is 0. The van der Waals surface area contributed by atoms with Crippen LogP contribution in [0, 0.1) is 6.92 Å². The number of halogens is 1. The molecule has 0 radical (unpaired) electrons. The predicted molar refractivity (Wildman–Crippen MR) is 71.0 cm³/mol. The standard InChI is InChI=1S/C13H14ClN3O/c1-7-4-5-9-8(10(7)14)6-17-12(15-9)16-11(18)13(17,2)3/h4-5H,6H2,1-3H3,(H,15,16,18). The summed E-state index contributed by atoms with van der Waals surface area (Å²) in [6.45, 7) is 6.36. The third-order valence-electron chi connectivity index (χ3n) is 3.67. The number of benzene rings is 1. The first-order chi connectivity index (χ1) is 8.41. The molecule has 0 saturated carbocycles. The molecule has 1 amide bonds. The molecule has 0 spiro atoms. The number of carbonyl (C=O) groups excluding carboxylic acids is 1. The van der Waals surface area contributed by atoms with Crippen LogP contribution in [0.1, 0.15) is 25.0 Å². The van der Waals surface area contributed by atoms with E-state index in [1.165, 1.54) is 0 Å². The number of guanidine groups is 1. The summed E-state index contributed by atoms with van der Waals surface area (Å²) in [7, 11) is 0. The molecule has 1 N–H and O–H groups in total. The highest BCUT2D eigenvalue weighted by molar-refractivity contribution is 6.32. The number of rotatable bonds is 0. The summed E-state index contributed by atoms with van der Waals surface area (Å²) in [5, 5.41) is 3.56. The third-order valence-corrected chi connectivity index (χ3v) is 4.19. The zero-order valence-electron chi connectivity index (χ0n) is 10.5. The van der Waals surface area contributed by atoms with Crippen molar-refractivity contribution >= 4 is 29.2 Å². The fraction of sp³-hybridized carbons (Fsp3) is 0.385. The van der Waals surface area contributed by atoms with Crippen LogP contribution in [-0.4, -0.2) is 22.3 Å². The Morgan fingerprint density at radius 2 is 2.17 bits per heavy atom. The van der Waals surface area contributed by atoms with Crippen molar-refractivity contribution in [2.45, 2.75) is 32.9 Å². The maximum Gasteiger partial charge on any atom is 0.252 e. The van der Waals surface area contributed by atoms with Crippen molar-refractivity contribution in [1.82, 2.24) is 10.2 Å². The average molecular weight is 264 g/mol. The van der Waals surface area contributed by atoms with Crippen molar-refractivity contribution < 1.29 is 4.79 Å². The molecule has 5 heteroatoms. The van der Waals surface area contributed by atoms with Crippen LogP contribution in [0.4, 0.5) is 5.69 Å². The second-order valence-electron chi connectivity index (χ2n) is 5.23. The topological polar surface area (TPSA) is 44.7 Å². The van der Waals surface area contributed by atoms with Crippen molar-refractivity contribution in [2.24, 2.45) is 4.99 Å². The lowest BCUT2D eigenvalue weighted by atomic mass is 10.0. The molecule has 2 heterocycles. The Balaban J connectivity index is 2.15. The molecule has 18 heavy (non-hydrogen) atoms. The van der Waals surface area contributed by atoms with E-state index in [0.717, 1.165) is 21.8 Å². The lowest BCUT2D eigenvalue weighted by Gasteiger charge is -2.33. The molecule has 0 aromatic heterocycles. The van der Waals surface area contributed by atoms with Gasteiger partial charge in [0.2, 0.25) is 5.96 Å². The van der Waals surface area contributed by atoms with Crippen LogP contribution < -0.4 is 5.32 Å². The second kappa shape index (κ2) is 3.48. The summed E-state index contributed by atoms with van der Waals surface area (Å²) in [5.74, 6) is 0.597. The first-order valence-corrected chi connectivity index (χ1v) is 6.25. The van der Waals surface area contributed by atoms with Gasteiger partial charge in [-0.3, -0.25) is 10.1 Å². The number of amides is 1. The lowest BCUT2D eigenvalue weighted by molar-refractivity contribution is -0.125. The average Bonchev–Trinajstić information content (AvgIpc) is 2.54. The molecule has 1 saturated heterocycles. The Kier molecular flexibility index (Phi) is 2.23. The largest absolute Gasteiger partial charge is 0.324 e. The van der Waals surface area contributed by atoms with Crippen molar-refractivity contribution in [2.75, 3.05) is 0 Å². The number of nitrogens with zero attached hydrogens (tertiary/aromatic N) is 2. The van der Waals surface area contributed by atoms with Crippen LogP contribution in [0.3, 0.4) is 0 Å². The van der Waals surface area contributed by atoms with Gasteiger partial charge in [-0.15, -0.1) is 0 Å². The molecule has 1 fully saturated rings. The molecular formula is C13H14ClN3O. The van der Waals surface area contributed by atoms with Gasteiger partial charge in [0, 0.05) is 5.56 Å². The molecule has 94 valence electrons. The Labute approximate surface area is 111 Å². The molecule has 2 aliphatic heterocycles. The van der Waals surface area contributed by atoms with Crippen LogP contribution in [0.2, 0.25) is 5.02 Å². The van der Waals surface area contributed by atoms with Gasteiger partial charge in [-0.1, -0.05) is 17.7 Å². The fourth-order valence-electron chi connectivity index (χ4n) is 2.33. The molecule has 2 aliphatic rings. The molecule has 4 nitrogen and oxygen atoms in total. The maximum atomic E-state index is 11.9. The summed E-state index contributed by atoms with van der Waals surface area (Å²) >= 11 is 6.33. The van der Waals surface area contributed by atoms with Crippen LogP contribution in [0.15, 0.2) is 17.1 Å². The zero-order chi connectivity index (χ0) is 13.1. The molecule has 0 aliphatic carbocycles. The van der Waals surface area contributed by atoms with E-state index >= 15 is 0 Å². The van der Waals surface area contributed by atoms with Crippen LogP contribution in [0.5, 0.6) is 0 Å². The van der Waals surface area contributed by atoms with Gasteiger partial charge in [0.15, 0.2) is 0 Å². The van der Waals surface area contributed by atoms with Gasteiger partial charge in [-0.2, -0.15) is 0 Å². The zero-order valence-corrected chi connectivity index (χ0v) is 11.3. The quantitative estimate of drug-likeness (QED) is 0.781. The summed E-state index contributed by atoms with van der Waals surface area (Å²) in [6, 6.07) is 3.89. The molecule has 0 unspecified atom stereocenters. The number of fused-ring (bicyclic) bond motifs is 2. The van der Waals surface area contributed by atoms with E-state index in [1.54, 1.807) is 0 Å². The Morgan fingerprint density at radius 3 is 2.89 bits per heavy atom. The Hall–Kier alpha value is -1.55. The van der Waals surface area contributed by atoms with E-state index in [0.29, 0.717) is 12.5 Å². The van der Waals surface area contributed by atoms with Gasteiger partial charge in [0.1, 0.15) is 5.54 Å². The van der Waals surface area contributed by atoms with E-state index in [9.17, 15) is 4.79 Å². The van der Waals surface area contributed by atoms with Crippen molar-refractivity contribution in [3.05, 3.63) is 28.3 Å². The van der Waals surface area contributed by atoms with Crippen LogP contribution in [-0.2, 0) is 11.3 Å². The fourth-order valence-corrected chi connectivity index (χ4v) is 2.55. The number of nitrogens with one attached hydrogen (secondary N) is 1. The highest BCUT2D eigenvalue weighted by atomic mass is 35.5. The summed E-state index contributed by atoms with van der Waals surface area (Å²) in [4.78, 5) is 18.3. The Bertz CT molecular complexity index is 592. The molecule has 1 aromatic carbocycles. The number of hydrogen-bond acceptors (Lipinski definition) is 3. The minimum absolute atomic E-state index is 0.0260. The highest BCUT2D eigenvalue weighted by Gasteiger charge is 2.45. The number of aliphatic imine (C=N–C) groups is 1. The van der Waals surface area contributed by atoms with Crippen molar-refractivity contribution in [3.63, 3.8) is 0 Å². The smallest absolute Gasteiger partial charge is 0.252 e. The van der Waals surface area contributed by atoms with Crippen molar-refractivity contribution in [1.29, 1.82) is 0 Å². The van der Waals surface area contributed by atoms with Crippen LogP contribution >= 0.6 is 11.6 Å². The Morgan fingerprint density at radius 1 is 1.44 bits per heavy atom. The molecular weight excluding hydrogens is 250 g/mol.